The van der Waals surface area contributed by atoms with Gasteiger partial charge in [0.25, 0.3) is 0 Å². The van der Waals surface area contributed by atoms with Crippen molar-refractivity contribution in [1.82, 2.24) is 0 Å². The summed E-state index contributed by atoms with van der Waals surface area (Å²) in [6.07, 6.45) is 0. The van der Waals surface area contributed by atoms with Gasteiger partial charge in [0.05, 0.1) is 0 Å². The van der Waals surface area contributed by atoms with E-state index < -0.39 is 0 Å². The van der Waals surface area contributed by atoms with Gasteiger partial charge in [-0.2, -0.15) is 0 Å². The molecule has 0 atom stereocenters. The molecule has 1 heterocycles. The van der Waals surface area contributed by atoms with Crippen LogP contribution >= 0.6 is 11.3 Å². The van der Waals surface area contributed by atoms with Crippen LogP contribution in [0.4, 0.5) is 0 Å². The highest BCUT2D eigenvalue weighted by atomic mass is 32.1. The number of hydrogen-bond donors (Lipinski definition) is 0. The third-order valence-corrected chi connectivity index (χ3v) is 4.82. The van der Waals surface area contributed by atoms with Crippen LogP contribution in [0.5, 0.6) is 0 Å². The standard InChI is InChI=1S/C19H12OS/c20-19(13-7-2-1-3-8-13)15-10-6-12-17-18(15)14-9-4-5-11-16(14)21-17/h1-12H. The topological polar surface area (TPSA) is 17.1 Å². The van der Waals surface area contributed by atoms with E-state index in [1.807, 2.05) is 54.6 Å². The number of carbonyl (C=O) groups is 1. The van der Waals surface area contributed by atoms with Crippen LogP contribution in [0.2, 0.25) is 0 Å². The van der Waals surface area contributed by atoms with Gasteiger partial charge in [-0.15, -0.1) is 11.3 Å². The molecule has 4 aromatic rings. The van der Waals surface area contributed by atoms with Gasteiger partial charge in [-0.05, 0) is 12.1 Å². The van der Waals surface area contributed by atoms with E-state index >= 15 is 0 Å². The zero-order valence-electron chi connectivity index (χ0n) is 11.2. The number of fused-ring (bicyclic) bond motifs is 3. The highest BCUT2D eigenvalue weighted by Crippen LogP contribution is 2.36. The summed E-state index contributed by atoms with van der Waals surface area (Å²) < 4.78 is 2.39. The van der Waals surface area contributed by atoms with Crippen LogP contribution in [0.15, 0.2) is 72.8 Å². The molecule has 0 amide bonds. The number of thiophene rings is 1. The molecular weight excluding hydrogens is 276 g/mol. The van der Waals surface area contributed by atoms with E-state index in [0.29, 0.717) is 0 Å². The average molecular weight is 288 g/mol. The summed E-state index contributed by atoms with van der Waals surface area (Å²) in [4.78, 5) is 12.8. The predicted octanol–water partition coefficient (Wildman–Crippen LogP) is 5.29. The van der Waals surface area contributed by atoms with Crippen LogP contribution in [0.25, 0.3) is 20.2 Å². The number of ketones is 1. The third kappa shape index (κ3) is 1.96. The molecule has 3 aromatic carbocycles. The van der Waals surface area contributed by atoms with Gasteiger partial charge in [-0.3, -0.25) is 4.79 Å². The second-order valence-electron chi connectivity index (χ2n) is 4.97. The first-order chi connectivity index (χ1) is 10.3. The van der Waals surface area contributed by atoms with E-state index in [0.717, 1.165) is 26.6 Å². The van der Waals surface area contributed by atoms with Crippen molar-refractivity contribution < 1.29 is 4.79 Å². The van der Waals surface area contributed by atoms with E-state index in [2.05, 4.69) is 18.2 Å². The minimum atomic E-state index is 0.0877. The van der Waals surface area contributed by atoms with Crippen molar-refractivity contribution in [2.75, 3.05) is 0 Å². The maximum atomic E-state index is 12.8. The molecule has 0 bridgehead atoms. The molecule has 1 aromatic heterocycles. The Morgan fingerprint density at radius 3 is 2.29 bits per heavy atom. The number of hydrogen-bond acceptors (Lipinski definition) is 2. The Morgan fingerprint density at radius 2 is 1.43 bits per heavy atom. The lowest BCUT2D eigenvalue weighted by Gasteiger charge is -2.03. The molecule has 0 saturated carbocycles. The van der Waals surface area contributed by atoms with Gasteiger partial charge in [0.1, 0.15) is 0 Å². The first-order valence-corrected chi connectivity index (χ1v) is 7.66. The first-order valence-electron chi connectivity index (χ1n) is 6.84. The van der Waals surface area contributed by atoms with Crippen molar-refractivity contribution in [3.05, 3.63) is 83.9 Å². The van der Waals surface area contributed by atoms with Crippen molar-refractivity contribution in [2.24, 2.45) is 0 Å². The van der Waals surface area contributed by atoms with Crippen LogP contribution < -0.4 is 0 Å². The van der Waals surface area contributed by atoms with Gasteiger partial charge in [0, 0.05) is 31.3 Å². The predicted molar refractivity (Wildman–Crippen MR) is 89.2 cm³/mol. The van der Waals surface area contributed by atoms with E-state index in [-0.39, 0.29) is 5.78 Å². The fourth-order valence-corrected chi connectivity index (χ4v) is 3.84. The van der Waals surface area contributed by atoms with E-state index in [1.54, 1.807) is 11.3 Å². The zero-order valence-corrected chi connectivity index (χ0v) is 12.1. The molecule has 0 fully saturated rings. The van der Waals surface area contributed by atoms with Crippen LogP contribution in [0, 0.1) is 0 Å². The van der Waals surface area contributed by atoms with Gasteiger partial charge >= 0.3 is 0 Å². The van der Waals surface area contributed by atoms with Crippen LogP contribution in [-0.4, -0.2) is 5.78 Å². The summed E-state index contributed by atoms with van der Waals surface area (Å²) in [6, 6.07) is 23.7. The lowest BCUT2D eigenvalue weighted by molar-refractivity contribution is 0.104. The quantitative estimate of drug-likeness (QED) is 0.458. The van der Waals surface area contributed by atoms with E-state index in [4.69, 9.17) is 0 Å². The molecule has 1 nitrogen and oxygen atoms in total. The summed E-state index contributed by atoms with van der Waals surface area (Å²) in [5.41, 5.74) is 1.52. The van der Waals surface area contributed by atoms with Crippen LogP contribution in [-0.2, 0) is 0 Å². The molecule has 0 unspecified atom stereocenters. The second kappa shape index (κ2) is 4.83. The number of carbonyl (C=O) groups excluding carboxylic acids is 1. The summed E-state index contributed by atoms with van der Waals surface area (Å²) in [6.45, 7) is 0. The SMILES string of the molecule is O=C(c1ccccc1)c1cccc2sc3ccccc3c12. The number of benzene rings is 3. The Balaban J connectivity index is 2.03. The van der Waals surface area contributed by atoms with E-state index in [1.165, 1.54) is 4.70 Å². The smallest absolute Gasteiger partial charge is 0.193 e. The fraction of sp³-hybridized carbons (Fsp3) is 0. The normalized spacial score (nSPS) is 11.0. The Kier molecular flexibility index (Phi) is 2.83. The third-order valence-electron chi connectivity index (χ3n) is 3.68. The van der Waals surface area contributed by atoms with Gasteiger partial charge < -0.3 is 0 Å². The van der Waals surface area contributed by atoms with Crippen molar-refractivity contribution in [3.8, 4) is 0 Å². The van der Waals surface area contributed by atoms with Crippen LogP contribution in [0.1, 0.15) is 15.9 Å². The molecule has 0 aliphatic carbocycles. The molecule has 100 valence electrons. The minimum absolute atomic E-state index is 0.0877. The Bertz CT molecular complexity index is 951. The van der Waals surface area contributed by atoms with Crippen molar-refractivity contribution in [3.63, 3.8) is 0 Å². The van der Waals surface area contributed by atoms with Crippen molar-refractivity contribution in [1.29, 1.82) is 0 Å². The molecule has 0 spiro atoms. The lowest BCUT2D eigenvalue weighted by Crippen LogP contribution is -2.01. The summed E-state index contributed by atoms with van der Waals surface area (Å²) in [5.74, 6) is 0.0877. The molecule has 4 rings (SSSR count). The summed E-state index contributed by atoms with van der Waals surface area (Å²) in [5, 5.41) is 2.24. The zero-order chi connectivity index (χ0) is 14.2. The molecule has 0 aliphatic heterocycles. The molecule has 0 N–H and O–H groups in total. The molecule has 0 saturated heterocycles. The summed E-state index contributed by atoms with van der Waals surface area (Å²) in [7, 11) is 0. The molecule has 0 aliphatic rings. The van der Waals surface area contributed by atoms with E-state index in [9.17, 15) is 4.79 Å². The number of rotatable bonds is 2. The molecule has 0 radical (unpaired) electrons. The Labute approximate surface area is 126 Å². The van der Waals surface area contributed by atoms with Crippen molar-refractivity contribution >= 4 is 37.3 Å². The molecule has 2 heteroatoms. The second-order valence-corrected chi connectivity index (χ2v) is 6.06. The Hall–Kier alpha value is -2.45. The molecular formula is C19H12OS. The maximum Gasteiger partial charge on any atom is 0.193 e. The minimum Gasteiger partial charge on any atom is -0.289 e. The molecule has 21 heavy (non-hydrogen) atoms. The monoisotopic (exact) mass is 288 g/mol. The highest BCUT2D eigenvalue weighted by molar-refractivity contribution is 7.25. The largest absolute Gasteiger partial charge is 0.289 e. The first kappa shape index (κ1) is 12.3. The lowest BCUT2D eigenvalue weighted by atomic mass is 9.98. The van der Waals surface area contributed by atoms with Crippen molar-refractivity contribution in [2.45, 2.75) is 0 Å². The average Bonchev–Trinajstić information content (AvgIpc) is 2.93. The Morgan fingerprint density at radius 1 is 0.714 bits per heavy atom. The van der Waals surface area contributed by atoms with Gasteiger partial charge in [0.15, 0.2) is 5.78 Å². The fourth-order valence-electron chi connectivity index (χ4n) is 2.71. The van der Waals surface area contributed by atoms with Crippen LogP contribution in [0.3, 0.4) is 0 Å². The van der Waals surface area contributed by atoms with Gasteiger partial charge in [-0.1, -0.05) is 60.7 Å². The van der Waals surface area contributed by atoms with Gasteiger partial charge in [0.2, 0.25) is 0 Å². The highest BCUT2D eigenvalue weighted by Gasteiger charge is 2.15. The maximum absolute atomic E-state index is 12.8. The summed E-state index contributed by atoms with van der Waals surface area (Å²) >= 11 is 1.74. The van der Waals surface area contributed by atoms with Gasteiger partial charge in [-0.25, -0.2) is 0 Å².